The van der Waals surface area contributed by atoms with Crippen molar-refractivity contribution in [3.8, 4) is 5.75 Å². The Morgan fingerprint density at radius 3 is 2.83 bits per heavy atom. The molecule has 5 nitrogen and oxygen atoms in total. The van der Waals surface area contributed by atoms with Gasteiger partial charge in [0.05, 0.1) is 5.69 Å². The van der Waals surface area contributed by atoms with Gasteiger partial charge in [-0.15, -0.1) is 0 Å². The van der Waals surface area contributed by atoms with Gasteiger partial charge in [-0.05, 0) is 32.1 Å². The number of amides is 2. The van der Waals surface area contributed by atoms with Crippen LogP contribution in [0.25, 0.3) is 0 Å². The molecule has 1 fully saturated rings. The first-order valence-electron chi connectivity index (χ1n) is 7.40. The second-order valence-corrected chi connectivity index (χ2v) is 5.42. The van der Waals surface area contributed by atoms with Gasteiger partial charge in [0.1, 0.15) is 18.2 Å². The second kappa shape index (κ2) is 8.05. The van der Waals surface area contributed by atoms with Gasteiger partial charge in [0, 0.05) is 25.7 Å². The highest BCUT2D eigenvalue weighted by atomic mass is 19.3. The zero-order chi connectivity index (χ0) is 16.8. The number of rotatable bonds is 4. The Bertz CT molecular complexity index is 543. The Morgan fingerprint density at radius 2 is 2.09 bits per heavy atom. The molecule has 0 bridgehead atoms. The van der Waals surface area contributed by atoms with E-state index in [-0.39, 0.29) is 17.5 Å². The van der Waals surface area contributed by atoms with Gasteiger partial charge in [0.15, 0.2) is 0 Å². The van der Waals surface area contributed by atoms with E-state index in [1.165, 1.54) is 6.07 Å². The summed E-state index contributed by atoms with van der Waals surface area (Å²) in [5.74, 6) is -0.728. The number of urea groups is 1. The van der Waals surface area contributed by atoms with Crippen LogP contribution in [-0.2, 0) is 0 Å². The summed E-state index contributed by atoms with van der Waals surface area (Å²) in [6.07, 6.45) is -1.83. The molecular weight excluding hydrogens is 311 g/mol. The molecule has 8 heteroatoms. The largest absolute Gasteiger partial charge is 0.485 e. The van der Waals surface area contributed by atoms with Crippen LogP contribution in [0.15, 0.2) is 18.2 Å². The monoisotopic (exact) mass is 331 g/mol. The molecule has 0 unspecified atom stereocenters. The highest BCUT2D eigenvalue weighted by Crippen LogP contribution is 2.26. The fourth-order valence-corrected chi connectivity index (χ4v) is 2.32. The molecule has 23 heavy (non-hydrogen) atoms. The van der Waals surface area contributed by atoms with Crippen molar-refractivity contribution in [1.82, 2.24) is 9.80 Å². The van der Waals surface area contributed by atoms with Crippen LogP contribution in [0.2, 0.25) is 0 Å². The molecule has 0 aliphatic carbocycles. The number of carbonyl (C=O) groups is 1. The van der Waals surface area contributed by atoms with E-state index in [0.29, 0.717) is 13.1 Å². The molecule has 1 N–H and O–H groups in total. The number of ether oxygens (including phenoxy) is 1. The highest BCUT2D eigenvalue weighted by molar-refractivity contribution is 5.91. The summed E-state index contributed by atoms with van der Waals surface area (Å²) in [7, 11) is 1.98. The molecular formula is C15H20F3N3O2. The second-order valence-electron chi connectivity index (χ2n) is 5.42. The zero-order valence-electron chi connectivity index (χ0n) is 12.9. The topological polar surface area (TPSA) is 44.8 Å². The standard InChI is InChI=1S/C15H20F3N3O2/c1-20-5-2-6-21(8-7-20)15(22)19-12-4-3-11(16)9-13(12)23-10-14(17)18/h3-4,9,14H,2,5-8,10H2,1H3,(H,19,22). The van der Waals surface area contributed by atoms with Crippen LogP contribution in [0.3, 0.4) is 0 Å². The van der Waals surface area contributed by atoms with Gasteiger partial charge >= 0.3 is 6.03 Å². The van der Waals surface area contributed by atoms with Gasteiger partial charge in [0.2, 0.25) is 0 Å². The maximum atomic E-state index is 13.3. The first kappa shape index (κ1) is 17.4. The minimum Gasteiger partial charge on any atom is -0.485 e. The first-order chi connectivity index (χ1) is 11.0. The number of nitrogens with zero attached hydrogens (tertiary/aromatic N) is 2. The third-order valence-corrected chi connectivity index (χ3v) is 3.56. The molecule has 0 atom stereocenters. The lowest BCUT2D eigenvalue weighted by Gasteiger charge is -2.22. The molecule has 0 radical (unpaired) electrons. The summed E-state index contributed by atoms with van der Waals surface area (Å²) in [6, 6.07) is 3.07. The van der Waals surface area contributed by atoms with Crippen LogP contribution < -0.4 is 10.1 Å². The lowest BCUT2D eigenvalue weighted by atomic mass is 10.3. The molecule has 0 aromatic heterocycles. The molecule has 1 aliphatic heterocycles. The van der Waals surface area contributed by atoms with E-state index in [1.54, 1.807) is 4.90 Å². The normalized spacial score (nSPS) is 16.3. The number of hydrogen-bond acceptors (Lipinski definition) is 3. The number of benzene rings is 1. The Balaban J connectivity index is 2.04. The molecule has 0 saturated carbocycles. The van der Waals surface area contributed by atoms with Gasteiger partial charge in [0.25, 0.3) is 6.43 Å². The van der Waals surface area contributed by atoms with Crippen molar-refractivity contribution in [3.63, 3.8) is 0 Å². The van der Waals surface area contributed by atoms with E-state index < -0.39 is 18.8 Å². The maximum absolute atomic E-state index is 13.3. The van der Waals surface area contributed by atoms with Crippen LogP contribution in [0, 0.1) is 5.82 Å². The fraction of sp³-hybridized carbons (Fsp3) is 0.533. The number of likely N-dealkylation sites (N-methyl/N-ethyl adjacent to an activating group) is 1. The molecule has 128 valence electrons. The summed E-state index contributed by atoms with van der Waals surface area (Å²) >= 11 is 0. The lowest BCUT2D eigenvalue weighted by Crippen LogP contribution is -2.37. The van der Waals surface area contributed by atoms with Crippen LogP contribution in [0.4, 0.5) is 23.7 Å². The van der Waals surface area contributed by atoms with Crippen molar-refractivity contribution in [2.24, 2.45) is 0 Å². The summed E-state index contributed by atoms with van der Waals surface area (Å²) < 4.78 is 42.7. The Morgan fingerprint density at radius 1 is 1.30 bits per heavy atom. The minimum atomic E-state index is -2.68. The van der Waals surface area contributed by atoms with Crippen LogP contribution >= 0.6 is 0 Å². The Labute approximate surface area is 133 Å². The van der Waals surface area contributed by atoms with Crippen molar-refractivity contribution < 1.29 is 22.7 Å². The van der Waals surface area contributed by atoms with Gasteiger partial charge in [-0.2, -0.15) is 0 Å². The SMILES string of the molecule is CN1CCCN(C(=O)Nc2ccc(F)cc2OCC(F)F)CC1. The van der Waals surface area contributed by atoms with Crippen LogP contribution in [0.5, 0.6) is 5.75 Å². The summed E-state index contributed by atoms with van der Waals surface area (Å²) in [6.45, 7) is 1.97. The maximum Gasteiger partial charge on any atom is 0.321 e. The van der Waals surface area contributed by atoms with E-state index >= 15 is 0 Å². The molecule has 2 amide bonds. The van der Waals surface area contributed by atoms with Crippen molar-refractivity contribution in [3.05, 3.63) is 24.0 Å². The number of halogens is 3. The molecule has 1 heterocycles. The van der Waals surface area contributed by atoms with E-state index in [9.17, 15) is 18.0 Å². The summed E-state index contributed by atoms with van der Waals surface area (Å²) in [5.41, 5.74) is 0.176. The summed E-state index contributed by atoms with van der Waals surface area (Å²) in [4.78, 5) is 16.1. The van der Waals surface area contributed by atoms with Crippen molar-refractivity contribution in [2.75, 3.05) is 45.2 Å². The molecule has 2 rings (SSSR count). The van der Waals surface area contributed by atoms with Gasteiger partial charge in [-0.3, -0.25) is 0 Å². The van der Waals surface area contributed by atoms with E-state index in [0.717, 1.165) is 31.6 Å². The van der Waals surface area contributed by atoms with Crippen molar-refractivity contribution in [1.29, 1.82) is 0 Å². The molecule has 1 aromatic carbocycles. The predicted molar refractivity (Wildman–Crippen MR) is 80.6 cm³/mol. The van der Waals surface area contributed by atoms with Crippen molar-refractivity contribution in [2.45, 2.75) is 12.8 Å². The quantitative estimate of drug-likeness (QED) is 0.922. The number of alkyl halides is 2. The van der Waals surface area contributed by atoms with E-state index in [1.807, 2.05) is 7.05 Å². The molecule has 1 saturated heterocycles. The lowest BCUT2D eigenvalue weighted by molar-refractivity contribution is 0.0821. The molecule has 1 aromatic rings. The van der Waals surface area contributed by atoms with Gasteiger partial charge in [-0.1, -0.05) is 0 Å². The fourth-order valence-electron chi connectivity index (χ4n) is 2.32. The third kappa shape index (κ3) is 5.31. The van der Waals surface area contributed by atoms with Crippen molar-refractivity contribution >= 4 is 11.7 Å². The Kier molecular flexibility index (Phi) is 6.09. The average Bonchev–Trinajstić information content (AvgIpc) is 2.72. The van der Waals surface area contributed by atoms with E-state index in [2.05, 4.69) is 10.2 Å². The van der Waals surface area contributed by atoms with Gasteiger partial charge in [-0.25, -0.2) is 18.0 Å². The Hall–Kier alpha value is -1.96. The summed E-state index contributed by atoms with van der Waals surface area (Å²) in [5, 5.41) is 2.61. The van der Waals surface area contributed by atoms with Crippen LogP contribution in [-0.4, -0.2) is 62.1 Å². The number of nitrogens with one attached hydrogen (secondary N) is 1. The average molecular weight is 331 g/mol. The highest BCUT2D eigenvalue weighted by Gasteiger charge is 2.19. The molecule has 1 aliphatic rings. The molecule has 0 spiro atoms. The zero-order valence-corrected chi connectivity index (χ0v) is 12.9. The smallest absolute Gasteiger partial charge is 0.321 e. The first-order valence-corrected chi connectivity index (χ1v) is 7.40. The third-order valence-electron chi connectivity index (χ3n) is 3.56. The number of anilines is 1. The number of hydrogen-bond donors (Lipinski definition) is 1. The predicted octanol–water partition coefficient (Wildman–Crippen LogP) is 2.64. The minimum absolute atomic E-state index is 0.106. The van der Waals surface area contributed by atoms with Crippen LogP contribution in [0.1, 0.15) is 6.42 Å². The van der Waals surface area contributed by atoms with Gasteiger partial charge < -0.3 is 19.9 Å². The van der Waals surface area contributed by atoms with E-state index in [4.69, 9.17) is 4.74 Å². The number of carbonyl (C=O) groups excluding carboxylic acids is 1.